The largest absolute Gasteiger partial charge is 0.293 e. The minimum absolute atomic E-state index is 0.0320. The number of carbonyl (C=O) groups excluding carboxylic acids is 1. The van der Waals surface area contributed by atoms with E-state index in [1.807, 2.05) is 35.7 Å². The molecule has 4 rings (SSSR count). The number of nitrogens with one attached hydrogen (secondary N) is 1. The molecule has 3 aromatic rings. The van der Waals surface area contributed by atoms with E-state index in [0.717, 1.165) is 29.1 Å². The predicted molar refractivity (Wildman–Crippen MR) is 77.7 cm³/mol. The van der Waals surface area contributed by atoms with Crippen LogP contribution in [0.4, 0.5) is 5.95 Å². The van der Waals surface area contributed by atoms with Crippen molar-refractivity contribution in [3.63, 3.8) is 0 Å². The zero-order chi connectivity index (χ0) is 13.5. The van der Waals surface area contributed by atoms with Crippen LogP contribution >= 0.6 is 11.3 Å². The standard InChI is InChI=1S/C14H12N4OS/c19-12(10-6-7-10)15-13-16-14-18(17-13)11(8-20-14)9-4-2-1-3-5-9/h1-5,8,10H,6-7H2,(H,15,17,19). The average Bonchev–Trinajstić information content (AvgIpc) is 3.14. The van der Waals surface area contributed by atoms with Gasteiger partial charge in [-0.25, -0.2) is 4.52 Å². The van der Waals surface area contributed by atoms with Crippen LogP contribution < -0.4 is 5.32 Å². The molecule has 0 atom stereocenters. The third kappa shape index (κ3) is 1.98. The zero-order valence-electron chi connectivity index (χ0n) is 10.6. The van der Waals surface area contributed by atoms with Crippen molar-refractivity contribution in [2.75, 3.05) is 5.32 Å². The Morgan fingerprint density at radius 3 is 2.85 bits per heavy atom. The summed E-state index contributed by atoms with van der Waals surface area (Å²) in [5.41, 5.74) is 2.08. The molecule has 0 radical (unpaired) electrons. The van der Waals surface area contributed by atoms with Crippen molar-refractivity contribution in [2.45, 2.75) is 12.8 Å². The second-order valence-electron chi connectivity index (χ2n) is 4.88. The van der Waals surface area contributed by atoms with Gasteiger partial charge in [0.1, 0.15) is 0 Å². The van der Waals surface area contributed by atoms with Crippen molar-refractivity contribution < 1.29 is 4.79 Å². The summed E-state index contributed by atoms with van der Waals surface area (Å²) in [7, 11) is 0. The van der Waals surface area contributed by atoms with Gasteiger partial charge in [-0.2, -0.15) is 4.98 Å². The van der Waals surface area contributed by atoms with Crippen LogP contribution in [0.25, 0.3) is 16.2 Å². The minimum atomic E-state index is 0.0320. The van der Waals surface area contributed by atoms with E-state index in [1.165, 1.54) is 11.3 Å². The normalized spacial score (nSPS) is 14.6. The molecule has 0 spiro atoms. The topological polar surface area (TPSA) is 59.3 Å². The molecule has 0 saturated heterocycles. The number of nitrogens with zero attached hydrogens (tertiary/aromatic N) is 3. The van der Waals surface area contributed by atoms with Crippen molar-refractivity contribution in [3.8, 4) is 11.3 Å². The lowest BCUT2D eigenvalue weighted by Crippen LogP contribution is -2.14. The van der Waals surface area contributed by atoms with E-state index in [4.69, 9.17) is 0 Å². The number of hydrogen-bond acceptors (Lipinski definition) is 4. The average molecular weight is 284 g/mol. The number of rotatable bonds is 3. The Morgan fingerprint density at radius 1 is 1.30 bits per heavy atom. The van der Waals surface area contributed by atoms with Crippen molar-refractivity contribution in [1.29, 1.82) is 0 Å². The van der Waals surface area contributed by atoms with Gasteiger partial charge in [-0.05, 0) is 12.8 Å². The SMILES string of the molecule is O=C(Nc1nc2scc(-c3ccccc3)n2n1)C1CC1. The van der Waals surface area contributed by atoms with Gasteiger partial charge < -0.3 is 0 Å². The molecule has 0 aliphatic heterocycles. The van der Waals surface area contributed by atoms with E-state index in [9.17, 15) is 4.79 Å². The molecule has 1 aliphatic carbocycles. The monoisotopic (exact) mass is 284 g/mol. The Kier molecular flexibility index (Phi) is 2.56. The predicted octanol–water partition coefficient (Wildman–Crippen LogP) is 2.81. The fourth-order valence-corrected chi connectivity index (χ4v) is 2.93. The first kappa shape index (κ1) is 11.6. The van der Waals surface area contributed by atoms with Crippen LogP contribution in [0.2, 0.25) is 0 Å². The van der Waals surface area contributed by atoms with Crippen molar-refractivity contribution in [2.24, 2.45) is 5.92 Å². The highest BCUT2D eigenvalue weighted by Gasteiger charge is 2.30. The van der Waals surface area contributed by atoms with Gasteiger partial charge in [-0.15, -0.1) is 16.4 Å². The Hall–Kier alpha value is -2.21. The summed E-state index contributed by atoms with van der Waals surface area (Å²) in [4.78, 5) is 16.9. The first-order valence-electron chi connectivity index (χ1n) is 6.52. The van der Waals surface area contributed by atoms with E-state index < -0.39 is 0 Å². The van der Waals surface area contributed by atoms with E-state index in [1.54, 1.807) is 4.52 Å². The number of hydrogen-bond donors (Lipinski definition) is 1. The molecule has 0 bridgehead atoms. The van der Waals surface area contributed by atoms with Gasteiger partial charge in [0.25, 0.3) is 0 Å². The maximum atomic E-state index is 11.7. The number of amides is 1. The van der Waals surface area contributed by atoms with Crippen LogP contribution in [0, 0.1) is 5.92 Å². The van der Waals surface area contributed by atoms with Crippen molar-refractivity contribution >= 4 is 28.2 Å². The fraction of sp³-hybridized carbons (Fsp3) is 0.214. The molecule has 0 unspecified atom stereocenters. The smallest absolute Gasteiger partial charge is 0.250 e. The lowest BCUT2D eigenvalue weighted by atomic mass is 10.2. The number of thiazole rings is 1. The highest BCUT2D eigenvalue weighted by atomic mass is 32.1. The molecule has 2 heterocycles. The summed E-state index contributed by atoms with van der Waals surface area (Å²) < 4.78 is 1.78. The second kappa shape index (κ2) is 4.42. The number of anilines is 1. The Balaban J connectivity index is 1.69. The van der Waals surface area contributed by atoms with Gasteiger partial charge in [-0.1, -0.05) is 30.3 Å². The third-order valence-corrected chi connectivity index (χ3v) is 4.15. The first-order valence-corrected chi connectivity index (χ1v) is 7.40. The second-order valence-corrected chi connectivity index (χ2v) is 5.72. The maximum Gasteiger partial charge on any atom is 0.250 e. The molecule has 1 N–H and O–H groups in total. The quantitative estimate of drug-likeness (QED) is 0.804. The first-order chi connectivity index (χ1) is 9.81. The van der Waals surface area contributed by atoms with Crippen LogP contribution in [0.3, 0.4) is 0 Å². The molecule has 5 nitrogen and oxygen atoms in total. The summed E-state index contributed by atoms with van der Waals surface area (Å²) in [6, 6.07) is 10.0. The Bertz CT molecular complexity index is 773. The van der Waals surface area contributed by atoms with E-state index >= 15 is 0 Å². The summed E-state index contributed by atoms with van der Waals surface area (Å²) in [5, 5.41) is 9.19. The van der Waals surface area contributed by atoms with Gasteiger partial charge in [0, 0.05) is 16.9 Å². The molecule has 6 heteroatoms. The highest BCUT2D eigenvalue weighted by Crippen LogP contribution is 2.30. The molecular formula is C14H12N4OS. The number of benzene rings is 1. The van der Waals surface area contributed by atoms with Gasteiger partial charge in [-0.3, -0.25) is 10.1 Å². The molecule has 1 saturated carbocycles. The summed E-state index contributed by atoms with van der Waals surface area (Å²) in [6.07, 6.45) is 1.95. The van der Waals surface area contributed by atoms with Gasteiger partial charge in [0.05, 0.1) is 5.69 Å². The molecule has 100 valence electrons. The van der Waals surface area contributed by atoms with Crippen LogP contribution in [-0.4, -0.2) is 20.5 Å². The maximum absolute atomic E-state index is 11.7. The van der Waals surface area contributed by atoms with Crippen molar-refractivity contribution in [3.05, 3.63) is 35.7 Å². The molecule has 1 aromatic carbocycles. The van der Waals surface area contributed by atoms with Crippen LogP contribution in [0.5, 0.6) is 0 Å². The van der Waals surface area contributed by atoms with Gasteiger partial charge >= 0.3 is 0 Å². The molecule has 1 aliphatic rings. The molecule has 20 heavy (non-hydrogen) atoms. The third-order valence-electron chi connectivity index (χ3n) is 3.33. The van der Waals surface area contributed by atoms with Crippen LogP contribution in [0.15, 0.2) is 35.7 Å². The van der Waals surface area contributed by atoms with Crippen LogP contribution in [-0.2, 0) is 4.79 Å². The zero-order valence-corrected chi connectivity index (χ0v) is 11.4. The van der Waals surface area contributed by atoms with E-state index in [2.05, 4.69) is 15.4 Å². The highest BCUT2D eigenvalue weighted by molar-refractivity contribution is 7.15. The molecular weight excluding hydrogens is 272 g/mol. The van der Waals surface area contributed by atoms with Crippen LogP contribution in [0.1, 0.15) is 12.8 Å². The minimum Gasteiger partial charge on any atom is -0.293 e. The molecule has 1 fully saturated rings. The van der Waals surface area contributed by atoms with Gasteiger partial charge in [0.2, 0.25) is 16.8 Å². The number of aromatic nitrogens is 3. The summed E-state index contributed by atoms with van der Waals surface area (Å²) in [6.45, 7) is 0. The summed E-state index contributed by atoms with van der Waals surface area (Å²) >= 11 is 1.52. The molecule has 1 amide bonds. The number of carbonyl (C=O) groups is 1. The Labute approximate surface area is 119 Å². The Morgan fingerprint density at radius 2 is 2.10 bits per heavy atom. The lowest BCUT2D eigenvalue weighted by Gasteiger charge is -1.98. The lowest BCUT2D eigenvalue weighted by molar-refractivity contribution is -0.117. The fourth-order valence-electron chi connectivity index (χ4n) is 2.10. The van der Waals surface area contributed by atoms with Gasteiger partial charge in [0.15, 0.2) is 0 Å². The van der Waals surface area contributed by atoms with E-state index in [0.29, 0.717) is 5.95 Å². The molecule has 2 aromatic heterocycles. The number of fused-ring (bicyclic) bond motifs is 1. The summed E-state index contributed by atoms with van der Waals surface area (Å²) in [5.74, 6) is 0.584. The van der Waals surface area contributed by atoms with E-state index in [-0.39, 0.29) is 11.8 Å². The van der Waals surface area contributed by atoms with Crippen molar-refractivity contribution in [1.82, 2.24) is 14.6 Å².